The third-order valence-corrected chi connectivity index (χ3v) is 4.32. The van der Waals surface area contributed by atoms with Crippen LogP contribution in [0.25, 0.3) is 0 Å². The molecule has 0 amide bonds. The number of fused-ring (bicyclic) bond motifs is 1. The molecular formula is C13H23. The Hall–Kier alpha value is 0. The Kier molecular flexibility index (Phi) is 2.96. The Labute approximate surface area is 83.1 Å². The van der Waals surface area contributed by atoms with Crippen LogP contribution in [0.3, 0.4) is 0 Å². The monoisotopic (exact) mass is 179 g/mol. The molecule has 2 aliphatic rings. The van der Waals surface area contributed by atoms with Crippen LogP contribution in [0.4, 0.5) is 0 Å². The Balaban J connectivity index is 2.02. The van der Waals surface area contributed by atoms with E-state index >= 15 is 0 Å². The van der Waals surface area contributed by atoms with E-state index < -0.39 is 0 Å². The molecule has 75 valence electrons. The molecule has 0 saturated heterocycles. The van der Waals surface area contributed by atoms with Gasteiger partial charge in [-0.3, -0.25) is 0 Å². The average molecular weight is 179 g/mol. The van der Waals surface area contributed by atoms with Crippen molar-refractivity contribution in [2.75, 3.05) is 0 Å². The predicted molar refractivity (Wildman–Crippen MR) is 57.4 cm³/mol. The van der Waals surface area contributed by atoms with E-state index in [0.717, 1.165) is 17.8 Å². The van der Waals surface area contributed by atoms with Gasteiger partial charge in [0.2, 0.25) is 0 Å². The molecule has 3 unspecified atom stereocenters. The Morgan fingerprint density at radius 3 is 2.31 bits per heavy atom. The molecule has 0 aliphatic heterocycles. The summed E-state index contributed by atoms with van der Waals surface area (Å²) in [7, 11) is 0. The number of hydrogen-bond acceptors (Lipinski definition) is 0. The maximum atomic E-state index is 2.35. The van der Waals surface area contributed by atoms with Crippen molar-refractivity contribution in [1.29, 1.82) is 0 Å². The molecule has 0 nitrogen and oxygen atoms in total. The maximum absolute atomic E-state index is 2.35. The highest BCUT2D eigenvalue weighted by Crippen LogP contribution is 2.46. The Morgan fingerprint density at radius 1 is 0.846 bits per heavy atom. The van der Waals surface area contributed by atoms with E-state index in [1.807, 2.05) is 0 Å². The van der Waals surface area contributed by atoms with Gasteiger partial charge in [-0.1, -0.05) is 46.0 Å². The van der Waals surface area contributed by atoms with Crippen LogP contribution in [-0.2, 0) is 0 Å². The molecule has 13 heavy (non-hydrogen) atoms. The first-order valence-electron chi connectivity index (χ1n) is 6.09. The molecule has 2 rings (SSSR count). The fraction of sp³-hybridized carbons (Fsp3) is 0.923. The molecule has 1 radical (unpaired) electrons. The van der Waals surface area contributed by atoms with Gasteiger partial charge in [0.15, 0.2) is 0 Å². The molecule has 0 heteroatoms. The minimum absolute atomic E-state index is 0.985. The van der Waals surface area contributed by atoms with E-state index in [1.54, 1.807) is 5.92 Å². The van der Waals surface area contributed by atoms with Crippen molar-refractivity contribution in [2.24, 2.45) is 17.8 Å². The van der Waals surface area contributed by atoms with Gasteiger partial charge < -0.3 is 0 Å². The lowest BCUT2D eigenvalue weighted by atomic mass is 9.63. The van der Waals surface area contributed by atoms with E-state index in [9.17, 15) is 0 Å². The van der Waals surface area contributed by atoms with E-state index in [1.165, 1.54) is 44.9 Å². The quantitative estimate of drug-likeness (QED) is 0.565. The van der Waals surface area contributed by atoms with Crippen molar-refractivity contribution in [3.8, 4) is 0 Å². The largest absolute Gasteiger partial charge is 0.0591 e. The summed E-state index contributed by atoms with van der Waals surface area (Å²) in [5, 5.41) is 0. The van der Waals surface area contributed by atoms with E-state index in [2.05, 4.69) is 13.8 Å². The van der Waals surface area contributed by atoms with Crippen molar-refractivity contribution in [2.45, 2.75) is 58.8 Å². The standard InChI is InChI=1S/C13H23/c1-10(2)12-9-5-7-11-6-3-4-8-13(11)12/h11-13H,3-9H2,1-2H3. The Morgan fingerprint density at radius 2 is 1.54 bits per heavy atom. The molecule has 0 N–H and O–H groups in total. The summed E-state index contributed by atoms with van der Waals surface area (Å²) in [5.74, 6) is 4.87. The Bertz CT molecular complexity index is 157. The van der Waals surface area contributed by atoms with Crippen molar-refractivity contribution in [3.05, 3.63) is 5.92 Å². The summed E-state index contributed by atoms with van der Waals surface area (Å²) in [4.78, 5) is 0. The molecule has 0 heterocycles. The highest BCUT2D eigenvalue weighted by Gasteiger charge is 2.35. The molecule has 0 aromatic rings. The summed E-state index contributed by atoms with van der Waals surface area (Å²) in [6.07, 6.45) is 10.6. The molecular weight excluding hydrogens is 156 g/mol. The third kappa shape index (κ3) is 1.92. The van der Waals surface area contributed by atoms with Crippen LogP contribution in [0, 0.1) is 23.7 Å². The van der Waals surface area contributed by atoms with Crippen LogP contribution in [0.1, 0.15) is 58.8 Å². The lowest BCUT2D eigenvalue weighted by molar-refractivity contribution is 0.112. The number of hydrogen-bond donors (Lipinski definition) is 0. The zero-order chi connectivity index (χ0) is 9.26. The average Bonchev–Trinajstić information content (AvgIpc) is 2.17. The molecule has 3 atom stereocenters. The molecule has 0 bridgehead atoms. The normalized spacial score (nSPS) is 40.4. The predicted octanol–water partition coefficient (Wildman–Crippen LogP) is 4.21. The van der Waals surface area contributed by atoms with Gasteiger partial charge in [-0.15, -0.1) is 0 Å². The highest BCUT2D eigenvalue weighted by molar-refractivity contribution is 4.97. The first-order valence-corrected chi connectivity index (χ1v) is 6.09. The number of rotatable bonds is 1. The van der Waals surface area contributed by atoms with Crippen LogP contribution in [0.5, 0.6) is 0 Å². The zero-order valence-electron chi connectivity index (χ0n) is 9.18. The summed E-state index contributed by atoms with van der Waals surface area (Å²) >= 11 is 0. The van der Waals surface area contributed by atoms with Crippen molar-refractivity contribution < 1.29 is 0 Å². The summed E-state index contributed by atoms with van der Waals surface area (Å²) < 4.78 is 0. The molecule has 2 fully saturated rings. The van der Waals surface area contributed by atoms with Crippen LogP contribution < -0.4 is 0 Å². The second-order valence-corrected chi connectivity index (χ2v) is 5.32. The van der Waals surface area contributed by atoms with E-state index in [0.29, 0.717) is 0 Å². The first kappa shape index (κ1) is 9.55. The lowest BCUT2D eigenvalue weighted by Crippen LogP contribution is -2.32. The lowest BCUT2D eigenvalue weighted by Gasteiger charge is -2.43. The second kappa shape index (κ2) is 4.02. The van der Waals surface area contributed by atoms with Crippen LogP contribution in [0.15, 0.2) is 0 Å². The van der Waals surface area contributed by atoms with Gasteiger partial charge in [-0.05, 0) is 36.5 Å². The third-order valence-electron chi connectivity index (χ3n) is 4.32. The molecule has 0 aromatic carbocycles. The smallest absolute Gasteiger partial charge is 0.0269 e. The molecule has 2 saturated carbocycles. The van der Waals surface area contributed by atoms with Crippen LogP contribution in [-0.4, -0.2) is 0 Å². The summed E-state index contributed by atoms with van der Waals surface area (Å²) in [6.45, 7) is 4.70. The van der Waals surface area contributed by atoms with E-state index in [-0.39, 0.29) is 0 Å². The van der Waals surface area contributed by atoms with Crippen molar-refractivity contribution >= 4 is 0 Å². The first-order chi connectivity index (χ1) is 6.29. The van der Waals surface area contributed by atoms with Crippen LogP contribution in [0.2, 0.25) is 0 Å². The summed E-state index contributed by atoms with van der Waals surface area (Å²) in [5.41, 5.74) is 0. The van der Waals surface area contributed by atoms with Gasteiger partial charge in [-0.2, -0.15) is 0 Å². The van der Waals surface area contributed by atoms with Gasteiger partial charge >= 0.3 is 0 Å². The fourth-order valence-electron chi connectivity index (χ4n) is 3.66. The fourth-order valence-corrected chi connectivity index (χ4v) is 3.66. The highest BCUT2D eigenvalue weighted by atomic mass is 14.4. The molecule has 0 aromatic heterocycles. The van der Waals surface area contributed by atoms with Crippen LogP contribution >= 0.6 is 0 Å². The van der Waals surface area contributed by atoms with E-state index in [4.69, 9.17) is 0 Å². The minimum atomic E-state index is 0.985. The van der Waals surface area contributed by atoms with Gasteiger partial charge in [0.25, 0.3) is 0 Å². The topological polar surface area (TPSA) is 0 Å². The van der Waals surface area contributed by atoms with Crippen molar-refractivity contribution in [3.63, 3.8) is 0 Å². The van der Waals surface area contributed by atoms with Gasteiger partial charge in [0.05, 0.1) is 0 Å². The molecule has 2 aliphatic carbocycles. The zero-order valence-corrected chi connectivity index (χ0v) is 9.18. The second-order valence-electron chi connectivity index (χ2n) is 5.32. The molecule has 0 spiro atoms. The van der Waals surface area contributed by atoms with Gasteiger partial charge in [-0.25, -0.2) is 0 Å². The van der Waals surface area contributed by atoms with Gasteiger partial charge in [0, 0.05) is 0 Å². The maximum Gasteiger partial charge on any atom is -0.0269 e. The minimum Gasteiger partial charge on any atom is -0.0591 e. The summed E-state index contributed by atoms with van der Waals surface area (Å²) in [6, 6.07) is 0. The van der Waals surface area contributed by atoms with Gasteiger partial charge in [0.1, 0.15) is 0 Å². The van der Waals surface area contributed by atoms with Crippen molar-refractivity contribution in [1.82, 2.24) is 0 Å². The SMILES string of the molecule is C[C](C)C1CCCC2CCCCC21.